The van der Waals surface area contributed by atoms with Crippen LogP contribution in [0.5, 0.6) is 0 Å². The highest BCUT2D eigenvalue weighted by atomic mass is 32.2. The summed E-state index contributed by atoms with van der Waals surface area (Å²) in [5, 5.41) is 14.5. The Labute approximate surface area is 170 Å². The molecule has 7 atom stereocenters. The van der Waals surface area contributed by atoms with Gasteiger partial charge >= 0.3 is 0 Å². The number of hydrogen-bond acceptors (Lipinski definition) is 4. The Bertz CT molecular complexity index is 676. The van der Waals surface area contributed by atoms with Crippen LogP contribution < -0.4 is 10.0 Å². The van der Waals surface area contributed by atoms with Gasteiger partial charge in [-0.15, -0.1) is 0 Å². The maximum atomic E-state index is 12.8. The third kappa shape index (κ3) is 4.57. The van der Waals surface area contributed by atoms with Crippen LogP contribution >= 0.6 is 0 Å². The van der Waals surface area contributed by atoms with Crippen molar-refractivity contribution in [2.24, 2.45) is 29.1 Å². The van der Waals surface area contributed by atoms with Crippen molar-refractivity contribution in [2.45, 2.75) is 90.3 Å². The van der Waals surface area contributed by atoms with Crippen LogP contribution in [0.1, 0.15) is 72.1 Å². The number of aliphatic hydroxyl groups excluding tert-OH is 1. The standard InChI is InChI=1S/C21H38N2O4S/c1-13(20(25)22-15-7-5-6-8-15)16-9-11-21(3)12-10-17(23-28(4,26)27)14(2)18(21)19(16)24/h13-19,23-24H,5-12H2,1-4H3,(H,22,25)/t13-,14+,16+,17-,18+,19-,21-/m0/s1. The summed E-state index contributed by atoms with van der Waals surface area (Å²) in [6.07, 6.45) is 8.63. The Morgan fingerprint density at radius 2 is 1.75 bits per heavy atom. The molecule has 0 heterocycles. The van der Waals surface area contributed by atoms with Crippen molar-refractivity contribution in [3.63, 3.8) is 0 Å². The first-order valence-electron chi connectivity index (χ1n) is 11.0. The van der Waals surface area contributed by atoms with Gasteiger partial charge < -0.3 is 10.4 Å². The number of nitrogens with one attached hydrogen (secondary N) is 2. The lowest BCUT2D eigenvalue weighted by Gasteiger charge is -2.56. The lowest BCUT2D eigenvalue weighted by atomic mass is 9.52. The van der Waals surface area contributed by atoms with Gasteiger partial charge in [0.2, 0.25) is 15.9 Å². The highest BCUT2D eigenvalue weighted by Gasteiger charge is 2.54. The highest BCUT2D eigenvalue weighted by Crippen LogP contribution is 2.55. The van der Waals surface area contributed by atoms with E-state index in [1.54, 1.807) is 0 Å². The van der Waals surface area contributed by atoms with Gasteiger partial charge in [-0.1, -0.05) is 33.6 Å². The zero-order valence-corrected chi connectivity index (χ0v) is 18.6. The predicted octanol–water partition coefficient (Wildman–Crippen LogP) is 2.42. The van der Waals surface area contributed by atoms with Crippen molar-refractivity contribution < 1.29 is 18.3 Å². The van der Waals surface area contributed by atoms with Gasteiger partial charge in [0.1, 0.15) is 0 Å². The Morgan fingerprint density at radius 3 is 2.36 bits per heavy atom. The molecule has 0 aromatic rings. The topological polar surface area (TPSA) is 95.5 Å². The van der Waals surface area contributed by atoms with Crippen molar-refractivity contribution in [2.75, 3.05) is 6.26 Å². The van der Waals surface area contributed by atoms with Gasteiger partial charge in [0, 0.05) is 18.0 Å². The van der Waals surface area contributed by atoms with Gasteiger partial charge in [-0.05, 0) is 61.7 Å². The molecule has 28 heavy (non-hydrogen) atoms. The fourth-order valence-corrected chi connectivity index (χ4v) is 7.21. The average Bonchev–Trinajstić information content (AvgIpc) is 3.09. The summed E-state index contributed by atoms with van der Waals surface area (Å²) in [5.41, 5.74) is 0.00661. The molecule has 1 amide bonds. The normalized spacial score (nSPS) is 40.7. The first-order chi connectivity index (χ1) is 13.0. The minimum atomic E-state index is -3.28. The van der Waals surface area contributed by atoms with E-state index in [9.17, 15) is 18.3 Å². The molecule has 162 valence electrons. The number of sulfonamides is 1. The van der Waals surface area contributed by atoms with Crippen LogP contribution in [0.2, 0.25) is 0 Å². The molecular weight excluding hydrogens is 376 g/mol. The minimum Gasteiger partial charge on any atom is -0.392 e. The molecule has 0 spiro atoms. The van der Waals surface area contributed by atoms with Gasteiger partial charge in [0.05, 0.1) is 12.4 Å². The molecule has 0 saturated heterocycles. The summed E-state index contributed by atoms with van der Waals surface area (Å²) < 4.78 is 26.3. The molecule has 3 aliphatic rings. The maximum absolute atomic E-state index is 12.8. The van der Waals surface area contributed by atoms with E-state index >= 15 is 0 Å². The third-order valence-corrected chi connectivity index (χ3v) is 8.74. The smallest absolute Gasteiger partial charge is 0.223 e. The van der Waals surface area contributed by atoms with Crippen LogP contribution in [0.25, 0.3) is 0 Å². The number of hydrogen-bond donors (Lipinski definition) is 3. The monoisotopic (exact) mass is 414 g/mol. The summed E-state index contributed by atoms with van der Waals surface area (Å²) in [4.78, 5) is 12.8. The fourth-order valence-electron chi connectivity index (χ4n) is 6.33. The molecule has 3 N–H and O–H groups in total. The van der Waals surface area contributed by atoms with Crippen molar-refractivity contribution >= 4 is 15.9 Å². The number of carbonyl (C=O) groups excluding carboxylic acids is 1. The van der Waals surface area contributed by atoms with E-state index in [1.165, 1.54) is 19.1 Å². The van der Waals surface area contributed by atoms with E-state index in [2.05, 4.69) is 23.9 Å². The number of fused-ring (bicyclic) bond motifs is 1. The van der Waals surface area contributed by atoms with Crippen LogP contribution in [0.4, 0.5) is 0 Å². The third-order valence-electron chi connectivity index (χ3n) is 8.01. The lowest BCUT2D eigenvalue weighted by Crippen LogP contribution is -2.58. The van der Waals surface area contributed by atoms with Gasteiger partial charge in [0.15, 0.2) is 0 Å². The van der Waals surface area contributed by atoms with Crippen LogP contribution in [-0.2, 0) is 14.8 Å². The van der Waals surface area contributed by atoms with E-state index < -0.39 is 16.1 Å². The quantitative estimate of drug-likeness (QED) is 0.644. The molecule has 3 aliphatic carbocycles. The second-order valence-corrected chi connectivity index (χ2v) is 11.8. The fraction of sp³-hybridized carbons (Fsp3) is 0.952. The molecule has 0 aliphatic heterocycles. The largest absolute Gasteiger partial charge is 0.392 e. The van der Waals surface area contributed by atoms with Gasteiger partial charge in [0.25, 0.3) is 0 Å². The zero-order chi connectivity index (χ0) is 20.7. The lowest BCUT2D eigenvalue weighted by molar-refractivity contribution is -0.142. The van der Waals surface area contributed by atoms with E-state index in [4.69, 9.17) is 0 Å². The van der Waals surface area contributed by atoms with Crippen LogP contribution in [0, 0.1) is 29.1 Å². The van der Waals surface area contributed by atoms with Crippen LogP contribution in [0.3, 0.4) is 0 Å². The zero-order valence-electron chi connectivity index (χ0n) is 17.8. The van der Waals surface area contributed by atoms with Crippen molar-refractivity contribution in [1.29, 1.82) is 0 Å². The Kier molecular flexibility index (Phi) is 6.47. The Morgan fingerprint density at radius 1 is 1.14 bits per heavy atom. The van der Waals surface area contributed by atoms with E-state index in [0.717, 1.165) is 38.5 Å². The van der Waals surface area contributed by atoms with Gasteiger partial charge in [-0.3, -0.25) is 4.79 Å². The average molecular weight is 415 g/mol. The molecule has 7 heteroatoms. The maximum Gasteiger partial charge on any atom is 0.223 e. The van der Waals surface area contributed by atoms with Crippen molar-refractivity contribution in [1.82, 2.24) is 10.0 Å². The number of amides is 1. The molecule has 0 aromatic heterocycles. The molecule has 3 saturated carbocycles. The molecule has 0 bridgehead atoms. The predicted molar refractivity (Wildman–Crippen MR) is 110 cm³/mol. The van der Waals surface area contributed by atoms with Crippen molar-refractivity contribution in [3.8, 4) is 0 Å². The molecule has 6 nitrogen and oxygen atoms in total. The highest BCUT2D eigenvalue weighted by molar-refractivity contribution is 7.88. The van der Waals surface area contributed by atoms with E-state index in [-0.39, 0.29) is 47.1 Å². The summed E-state index contributed by atoms with van der Waals surface area (Å²) in [6.45, 7) is 6.23. The second-order valence-electron chi connectivity index (χ2n) is 10.0. The molecule has 3 fully saturated rings. The molecular formula is C21H38N2O4S. The molecule has 0 aromatic carbocycles. The van der Waals surface area contributed by atoms with Crippen molar-refractivity contribution in [3.05, 3.63) is 0 Å². The summed E-state index contributed by atoms with van der Waals surface area (Å²) in [7, 11) is -3.28. The van der Waals surface area contributed by atoms with E-state index in [0.29, 0.717) is 0 Å². The Balaban J connectivity index is 1.72. The number of carbonyl (C=O) groups is 1. The SMILES string of the molecule is C[C@H]1[C@@H]2[C@@H](O)[C@@H]([C@H](C)C(=O)NC3CCCC3)CC[C@@]2(C)CC[C@@H]1NS(C)(=O)=O. The van der Waals surface area contributed by atoms with Crippen LogP contribution in [0.15, 0.2) is 0 Å². The second kappa shape index (κ2) is 8.23. The van der Waals surface area contributed by atoms with Gasteiger partial charge in [-0.2, -0.15) is 0 Å². The minimum absolute atomic E-state index is 0.000908. The number of rotatable bonds is 5. The summed E-state index contributed by atoms with van der Waals surface area (Å²) in [5.74, 6) is -0.194. The first-order valence-corrected chi connectivity index (χ1v) is 12.9. The summed E-state index contributed by atoms with van der Waals surface area (Å²) >= 11 is 0. The van der Waals surface area contributed by atoms with Crippen LogP contribution in [-0.4, -0.2) is 43.9 Å². The molecule has 3 rings (SSSR count). The molecule has 0 unspecified atom stereocenters. The Hall–Kier alpha value is -0.660. The van der Waals surface area contributed by atoms with Gasteiger partial charge in [-0.25, -0.2) is 13.1 Å². The first kappa shape index (κ1) is 22.0. The number of aliphatic hydroxyl groups is 1. The molecule has 0 radical (unpaired) electrons. The summed E-state index contributed by atoms with van der Waals surface area (Å²) in [6, 6.07) is 0.141. The van der Waals surface area contributed by atoms with E-state index in [1.807, 2.05) is 6.92 Å².